The van der Waals surface area contributed by atoms with Crippen LogP contribution in [0.3, 0.4) is 0 Å². The van der Waals surface area contributed by atoms with Crippen molar-refractivity contribution in [1.29, 1.82) is 0 Å². The molecule has 1 atom stereocenters. The molecule has 0 aliphatic carbocycles. The maximum Gasteiger partial charge on any atom is 0.251 e. The molecule has 0 aromatic heterocycles. The average molecular weight is 407 g/mol. The Labute approximate surface area is 163 Å². The summed E-state index contributed by atoms with van der Waals surface area (Å²) < 4.78 is 25.3. The molecule has 2 aromatic carbocycles. The molecule has 142 valence electrons. The fraction of sp³-hybridized carbons (Fsp3) is 0.263. The third-order valence-electron chi connectivity index (χ3n) is 4.32. The molecule has 8 heteroatoms. The predicted molar refractivity (Wildman–Crippen MR) is 104 cm³/mol. The van der Waals surface area contributed by atoms with Gasteiger partial charge in [-0.3, -0.25) is 9.59 Å². The third kappa shape index (κ3) is 3.99. The predicted octanol–water partition coefficient (Wildman–Crippen LogP) is 2.89. The molecule has 1 aliphatic heterocycles. The molecule has 6 nitrogen and oxygen atoms in total. The van der Waals surface area contributed by atoms with Gasteiger partial charge in [-0.1, -0.05) is 48.4 Å². The van der Waals surface area contributed by atoms with Crippen molar-refractivity contribution >= 4 is 39.1 Å². The monoisotopic (exact) mass is 406 g/mol. The van der Waals surface area contributed by atoms with Gasteiger partial charge in [-0.2, -0.15) is 0 Å². The van der Waals surface area contributed by atoms with Gasteiger partial charge in [0.15, 0.2) is 0 Å². The van der Waals surface area contributed by atoms with Crippen LogP contribution in [0.5, 0.6) is 0 Å². The molecule has 0 spiro atoms. The lowest BCUT2D eigenvalue weighted by Crippen LogP contribution is -2.31. The molecule has 0 radical (unpaired) electrons. The number of rotatable bonds is 4. The minimum atomic E-state index is -3.80. The van der Waals surface area contributed by atoms with E-state index in [2.05, 4.69) is 5.32 Å². The van der Waals surface area contributed by atoms with E-state index in [0.29, 0.717) is 10.8 Å². The van der Waals surface area contributed by atoms with E-state index in [1.54, 1.807) is 6.92 Å². The highest BCUT2D eigenvalue weighted by Crippen LogP contribution is 2.34. The highest BCUT2D eigenvalue weighted by molar-refractivity contribution is 7.94. The molecule has 1 unspecified atom stereocenters. The SMILES string of the molecule is Cc1cccc(CNC(=O)c2ccc(Cl)c(N3C(=O)C(C)CS3(=O)=O)c2)c1. The standard InChI is InChI=1S/C19H19ClN2O4S/c1-12-4-3-5-14(8-12)10-21-18(23)15-6-7-16(20)17(9-15)22-19(24)13(2)11-27(22,25)26/h3-9,13H,10-11H2,1-2H3,(H,21,23). The number of aryl methyl sites for hydroxylation is 1. The maximum absolute atomic E-state index is 12.5. The minimum absolute atomic E-state index is 0.00854. The molecule has 0 bridgehead atoms. The van der Waals surface area contributed by atoms with Gasteiger partial charge in [-0.05, 0) is 30.7 Å². The quantitative estimate of drug-likeness (QED) is 0.846. The molecule has 2 aromatic rings. The Morgan fingerprint density at radius 2 is 2.00 bits per heavy atom. The molecule has 27 heavy (non-hydrogen) atoms. The number of sulfonamides is 1. The fourth-order valence-corrected chi connectivity index (χ4v) is 5.06. The summed E-state index contributed by atoms with van der Waals surface area (Å²) in [6, 6.07) is 12.0. The molecule has 1 heterocycles. The Balaban J connectivity index is 1.85. The summed E-state index contributed by atoms with van der Waals surface area (Å²) >= 11 is 6.12. The second kappa shape index (κ2) is 7.32. The zero-order valence-electron chi connectivity index (χ0n) is 14.9. The van der Waals surface area contributed by atoms with Crippen molar-refractivity contribution in [1.82, 2.24) is 5.32 Å². The molecule has 1 fully saturated rings. The fourth-order valence-electron chi connectivity index (χ4n) is 2.98. The first kappa shape index (κ1) is 19.4. The topological polar surface area (TPSA) is 83.6 Å². The number of anilines is 1. The molecule has 0 saturated carbocycles. The van der Waals surface area contributed by atoms with Crippen molar-refractivity contribution in [3.05, 3.63) is 64.2 Å². The van der Waals surface area contributed by atoms with Gasteiger partial charge in [0, 0.05) is 12.1 Å². The number of halogens is 1. The minimum Gasteiger partial charge on any atom is -0.348 e. The molecular formula is C19H19ClN2O4S. The van der Waals surface area contributed by atoms with E-state index in [4.69, 9.17) is 11.6 Å². The Morgan fingerprint density at radius 3 is 2.63 bits per heavy atom. The number of carbonyl (C=O) groups excluding carboxylic acids is 2. The number of amides is 2. The van der Waals surface area contributed by atoms with Crippen molar-refractivity contribution in [3.8, 4) is 0 Å². The van der Waals surface area contributed by atoms with Crippen molar-refractivity contribution in [3.63, 3.8) is 0 Å². The Bertz CT molecular complexity index is 1020. The van der Waals surface area contributed by atoms with Gasteiger partial charge in [-0.15, -0.1) is 0 Å². The molecule has 1 saturated heterocycles. The van der Waals surface area contributed by atoms with Crippen LogP contribution < -0.4 is 9.62 Å². The van der Waals surface area contributed by atoms with E-state index in [1.165, 1.54) is 18.2 Å². The summed E-state index contributed by atoms with van der Waals surface area (Å²) in [6.45, 7) is 3.84. The normalized spacial score (nSPS) is 18.6. The van der Waals surface area contributed by atoms with Crippen LogP contribution in [0.1, 0.15) is 28.4 Å². The first-order chi connectivity index (χ1) is 12.7. The Kier molecular flexibility index (Phi) is 5.26. The van der Waals surface area contributed by atoms with Crippen LogP contribution >= 0.6 is 11.6 Å². The van der Waals surface area contributed by atoms with Gasteiger partial charge in [0.2, 0.25) is 15.9 Å². The van der Waals surface area contributed by atoms with Crippen LogP contribution in [0.2, 0.25) is 5.02 Å². The summed E-state index contributed by atoms with van der Waals surface area (Å²) in [7, 11) is -3.80. The second-order valence-electron chi connectivity index (χ2n) is 6.62. The van der Waals surface area contributed by atoms with E-state index in [1.807, 2.05) is 31.2 Å². The van der Waals surface area contributed by atoms with Gasteiger partial charge < -0.3 is 5.32 Å². The smallest absolute Gasteiger partial charge is 0.251 e. The lowest BCUT2D eigenvalue weighted by atomic mass is 10.1. The molecule has 2 amide bonds. The molecule has 1 aliphatic rings. The van der Waals surface area contributed by atoms with Crippen molar-refractivity contribution < 1.29 is 18.0 Å². The van der Waals surface area contributed by atoms with E-state index < -0.39 is 21.8 Å². The average Bonchev–Trinajstić information content (AvgIpc) is 2.81. The lowest BCUT2D eigenvalue weighted by molar-refractivity contribution is -0.119. The van der Waals surface area contributed by atoms with E-state index in [9.17, 15) is 18.0 Å². The summed E-state index contributed by atoms with van der Waals surface area (Å²) in [5, 5.41) is 2.88. The summed E-state index contributed by atoms with van der Waals surface area (Å²) in [4.78, 5) is 24.8. The van der Waals surface area contributed by atoms with E-state index >= 15 is 0 Å². The first-order valence-electron chi connectivity index (χ1n) is 8.39. The van der Waals surface area contributed by atoms with Gasteiger partial charge >= 0.3 is 0 Å². The highest BCUT2D eigenvalue weighted by Gasteiger charge is 2.42. The Morgan fingerprint density at radius 1 is 1.26 bits per heavy atom. The number of benzene rings is 2. The summed E-state index contributed by atoms with van der Waals surface area (Å²) in [6.07, 6.45) is 0. The third-order valence-corrected chi connectivity index (χ3v) is 6.50. The number of carbonyl (C=O) groups is 2. The lowest BCUT2D eigenvalue weighted by Gasteiger charge is -2.17. The van der Waals surface area contributed by atoms with Gasteiger partial charge in [0.1, 0.15) is 0 Å². The highest BCUT2D eigenvalue weighted by atomic mass is 35.5. The molecule has 3 rings (SSSR count). The van der Waals surface area contributed by atoms with Crippen molar-refractivity contribution in [2.45, 2.75) is 20.4 Å². The number of nitrogens with zero attached hydrogens (tertiary/aromatic N) is 1. The largest absolute Gasteiger partial charge is 0.348 e. The zero-order chi connectivity index (χ0) is 19.8. The van der Waals surface area contributed by atoms with Crippen molar-refractivity contribution in [2.75, 3.05) is 10.1 Å². The first-order valence-corrected chi connectivity index (χ1v) is 10.4. The van der Waals surface area contributed by atoms with Crippen LogP contribution in [-0.2, 0) is 21.4 Å². The number of hydrogen-bond donors (Lipinski definition) is 1. The number of nitrogens with one attached hydrogen (secondary N) is 1. The van der Waals surface area contributed by atoms with Crippen LogP contribution in [0.4, 0.5) is 5.69 Å². The van der Waals surface area contributed by atoms with Crippen LogP contribution in [0.15, 0.2) is 42.5 Å². The van der Waals surface area contributed by atoms with Crippen molar-refractivity contribution in [2.24, 2.45) is 5.92 Å². The maximum atomic E-state index is 12.5. The molecule has 1 N–H and O–H groups in total. The second-order valence-corrected chi connectivity index (χ2v) is 8.89. The summed E-state index contributed by atoms with van der Waals surface area (Å²) in [5.41, 5.74) is 2.27. The Hall–Kier alpha value is -2.38. The van der Waals surface area contributed by atoms with E-state index in [-0.39, 0.29) is 27.9 Å². The van der Waals surface area contributed by atoms with Crippen LogP contribution in [-0.4, -0.2) is 26.0 Å². The van der Waals surface area contributed by atoms with E-state index in [0.717, 1.165) is 11.1 Å². The van der Waals surface area contributed by atoms with Crippen LogP contribution in [0, 0.1) is 12.8 Å². The number of hydrogen-bond acceptors (Lipinski definition) is 4. The summed E-state index contributed by atoms with van der Waals surface area (Å²) in [5.74, 6) is -1.85. The van der Waals surface area contributed by atoms with Gasteiger partial charge in [0.05, 0.1) is 22.4 Å². The van der Waals surface area contributed by atoms with Crippen LogP contribution in [0.25, 0.3) is 0 Å². The zero-order valence-corrected chi connectivity index (χ0v) is 16.5. The molecular weight excluding hydrogens is 388 g/mol. The van der Waals surface area contributed by atoms with Gasteiger partial charge in [-0.25, -0.2) is 12.7 Å². The van der Waals surface area contributed by atoms with Gasteiger partial charge in [0.25, 0.3) is 5.91 Å².